The van der Waals surface area contributed by atoms with Gasteiger partial charge >= 0.3 is 0 Å². The normalized spacial score (nSPS) is 10.2. The van der Waals surface area contributed by atoms with Gasteiger partial charge in [0.25, 0.3) is 0 Å². The van der Waals surface area contributed by atoms with E-state index < -0.39 is 0 Å². The molecule has 0 spiro atoms. The molecule has 0 saturated heterocycles. The van der Waals surface area contributed by atoms with Gasteiger partial charge in [0, 0.05) is 12.7 Å². The minimum absolute atomic E-state index is 0.136. The van der Waals surface area contributed by atoms with E-state index in [-0.39, 0.29) is 6.61 Å². The van der Waals surface area contributed by atoms with E-state index in [2.05, 4.69) is 0 Å². The Hall–Kier alpha value is -1.59. The molecule has 1 N–H and O–H groups in total. The lowest BCUT2D eigenvalue weighted by atomic mass is 10.0. The third-order valence-electron chi connectivity index (χ3n) is 1.77. The van der Waals surface area contributed by atoms with E-state index >= 15 is 0 Å². The second kappa shape index (κ2) is 5.13. The van der Waals surface area contributed by atoms with E-state index in [0.717, 1.165) is 11.1 Å². The summed E-state index contributed by atoms with van der Waals surface area (Å²) in [6, 6.07) is 9.66. The van der Waals surface area contributed by atoms with E-state index in [9.17, 15) is 0 Å². The zero-order valence-corrected chi connectivity index (χ0v) is 7.27. The maximum atomic E-state index is 8.78. The van der Waals surface area contributed by atoms with E-state index in [1.165, 1.54) is 6.08 Å². The van der Waals surface area contributed by atoms with Crippen molar-refractivity contribution >= 4 is 6.08 Å². The van der Waals surface area contributed by atoms with Crippen molar-refractivity contribution in [1.82, 2.24) is 0 Å². The average Bonchev–Trinajstić information content (AvgIpc) is 2.17. The maximum absolute atomic E-state index is 8.78. The number of allylic oxidation sites excluding steroid dienone is 1. The third kappa shape index (κ3) is 2.73. The van der Waals surface area contributed by atoms with Gasteiger partial charge in [0.05, 0.1) is 6.07 Å². The number of nitriles is 1. The Morgan fingerprint density at radius 2 is 2.15 bits per heavy atom. The SMILES string of the molecule is N#CC=Cc1ccccc1CCO. The van der Waals surface area contributed by atoms with Gasteiger partial charge in [-0.05, 0) is 23.6 Å². The second-order valence-electron chi connectivity index (χ2n) is 2.63. The van der Waals surface area contributed by atoms with Crippen LogP contribution in [0.5, 0.6) is 0 Å². The highest BCUT2D eigenvalue weighted by Crippen LogP contribution is 2.10. The quantitative estimate of drug-likeness (QED) is 0.708. The highest BCUT2D eigenvalue weighted by Gasteiger charge is 1.96. The fraction of sp³-hybridized carbons (Fsp3) is 0.182. The zero-order chi connectivity index (χ0) is 9.52. The van der Waals surface area contributed by atoms with Crippen LogP contribution in [0.4, 0.5) is 0 Å². The van der Waals surface area contributed by atoms with Gasteiger partial charge in [-0.3, -0.25) is 0 Å². The molecule has 2 nitrogen and oxygen atoms in total. The zero-order valence-electron chi connectivity index (χ0n) is 7.27. The van der Waals surface area contributed by atoms with Gasteiger partial charge in [-0.1, -0.05) is 24.3 Å². The number of rotatable bonds is 3. The number of hydrogen-bond donors (Lipinski definition) is 1. The molecular formula is C11H11NO. The summed E-state index contributed by atoms with van der Waals surface area (Å²) in [5.41, 5.74) is 2.06. The molecule has 1 rings (SSSR count). The van der Waals surface area contributed by atoms with Crippen molar-refractivity contribution in [2.24, 2.45) is 0 Å². The minimum Gasteiger partial charge on any atom is -0.396 e. The van der Waals surface area contributed by atoms with Crippen molar-refractivity contribution in [2.45, 2.75) is 6.42 Å². The molecular weight excluding hydrogens is 162 g/mol. The van der Waals surface area contributed by atoms with Crippen LogP contribution in [0.1, 0.15) is 11.1 Å². The van der Waals surface area contributed by atoms with Gasteiger partial charge in [0.1, 0.15) is 0 Å². The summed E-state index contributed by atoms with van der Waals surface area (Å²) in [5, 5.41) is 17.1. The molecule has 0 amide bonds. The van der Waals surface area contributed by atoms with Gasteiger partial charge in [0.15, 0.2) is 0 Å². The second-order valence-corrected chi connectivity index (χ2v) is 2.63. The molecule has 0 unspecified atom stereocenters. The van der Waals surface area contributed by atoms with Crippen molar-refractivity contribution in [3.05, 3.63) is 41.5 Å². The summed E-state index contributed by atoms with van der Waals surface area (Å²) >= 11 is 0. The molecule has 0 saturated carbocycles. The minimum atomic E-state index is 0.136. The molecule has 0 fully saturated rings. The third-order valence-corrected chi connectivity index (χ3v) is 1.77. The smallest absolute Gasteiger partial charge is 0.0912 e. The Labute approximate surface area is 77.8 Å². The van der Waals surface area contributed by atoms with E-state index in [1.54, 1.807) is 6.08 Å². The van der Waals surface area contributed by atoms with Gasteiger partial charge < -0.3 is 5.11 Å². The van der Waals surface area contributed by atoms with Crippen LogP contribution in [-0.4, -0.2) is 11.7 Å². The Kier molecular flexibility index (Phi) is 3.74. The summed E-state index contributed by atoms with van der Waals surface area (Å²) in [4.78, 5) is 0. The summed E-state index contributed by atoms with van der Waals surface area (Å²) in [6.07, 6.45) is 3.83. The molecule has 1 aromatic carbocycles. The lowest BCUT2D eigenvalue weighted by Gasteiger charge is -2.02. The molecule has 66 valence electrons. The predicted molar refractivity (Wildman–Crippen MR) is 51.9 cm³/mol. The number of hydrogen-bond acceptors (Lipinski definition) is 2. The van der Waals surface area contributed by atoms with Crippen LogP contribution in [0.3, 0.4) is 0 Å². The predicted octanol–water partition coefficient (Wildman–Crippen LogP) is 1.76. The Bertz CT molecular complexity index is 336. The Balaban J connectivity index is 2.92. The topological polar surface area (TPSA) is 44.0 Å². The molecule has 0 atom stereocenters. The van der Waals surface area contributed by atoms with Crippen LogP contribution >= 0.6 is 0 Å². The Morgan fingerprint density at radius 1 is 1.38 bits per heavy atom. The largest absolute Gasteiger partial charge is 0.396 e. The summed E-state index contributed by atoms with van der Waals surface area (Å²) in [5.74, 6) is 0. The highest BCUT2D eigenvalue weighted by molar-refractivity contribution is 5.55. The molecule has 0 aliphatic rings. The first kappa shape index (κ1) is 9.50. The van der Waals surface area contributed by atoms with Crippen molar-refractivity contribution < 1.29 is 5.11 Å². The van der Waals surface area contributed by atoms with E-state index in [4.69, 9.17) is 10.4 Å². The van der Waals surface area contributed by atoms with Crippen LogP contribution in [0.2, 0.25) is 0 Å². The van der Waals surface area contributed by atoms with Crippen LogP contribution in [0.15, 0.2) is 30.3 Å². The summed E-state index contributed by atoms with van der Waals surface area (Å²) in [7, 11) is 0. The van der Waals surface area contributed by atoms with Crippen LogP contribution in [0, 0.1) is 11.3 Å². The summed E-state index contributed by atoms with van der Waals surface area (Å²) in [6.45, 7) is 0.136. The standard InChI is InChI=1S/C11H11NO/c12-8-3-6-10-4-1-2-5-11(10)7-9-13/h1-6,13H,7,9H2. The van der Waals surface area contributed by atoms with Crippen molar-refractivity contribution in [3.8, 4) is 6.07 Å². The summed E-state index contributed by atoms with van der Waals surface area (Å²) < 4.78 is 0. The first-order valence-electron chi connectivity index (χ1n) is 4.13. The van der Waals surface area contributed by atoms with Crippen molar-refractivity contribution in [3.63, 3.8) is 0 Å². The van der Waals surface area contributed by atoms with Crippen molar-refractivity contribution in [2.75, 3.05) is 6.61 Å². The molecule has 0 heterocycles. The van der Waals surface area contributed by atoms with Gasteiger partial charge in [-0.15, -0.1) is 0 Å². The van der Waals surface area contributed by atoms with Gasteiger partial charge in [0.2, 0.25) is 0 Å². The fourth-order valence-electron chi connectivity index (χ4n) is 1.17. The lowest BCUT2D eigenvalue weighted by Crippen LogP contribution is -1.92. The molecule has 2 heteroatoms. The number of aliphatic hydroxyl groups is 1. The number of nitrogens with zero attached hydrogens (tertiary/aromatic N) is 1. The fourth-order valence-corrected chi connectivity index (χ4v) is 1.17. The Morgan fingerprint density at radius 3 is 2.85 bits per heavy atom. The highest BCUT2D eigenvalue weighted by atomic mass is 16.2. The maximum Gasteiger partial charge on any atom is 0.0912 e. The molecule has 0 aliphatic heterocycles. The molecule has 0 aromatic heterocycles. The van der Waals surface area contributed by atoms with E-state index in [1.807, 2.05) is 30.3 Å². The monoisotopic (exact) mass is 173 g/mol. The van der Waals surface area contributed by atoms with E-state index in [0.29, 0.717) is 6.42 Å². The molecule has 0 radical (unpaired) electrons. The first-order valence-corrected chi connectivity index (χ1v) is 4.13. The van der Waals surface area contributed by atoms with Crippen LogP contribution in [0.25, 0.3) is 6.08 Å². The number of benzene rings is 1. The van der Waals surface area contributed by atoms with Gasteiger partial charge in [-0.25, -0.2) is 0 Å². The molecule has 1 aromatic rings. The molecule has 0 bridgehead atoms. The first-order chi connectivity index (χ1) is 6.38. The molecule has 13 heavy (non-hydrogen) atoms. The van der Waals surface area contributed by atoms with Crippen molar-refractivity contribution in [1.29, 1.82) is 5.26 Å². The van der Waals surface area contributed by atoms with Crippen LogP contribution in [-0.2, 0) is 6.42 Å². The lowest BCUT2D eigenvalue weighted by molar-refractivity contribution is 0.299. The molecule has 0 aliphatic carbocycles. The van der Waals surface area contributed by atoms with Gasteiger partial charge in [-0.2, -0.15) is 5.26 Å². The average molecular weight is 173 g/mol. The van der Waals surface area contributed by atoms with Crippen LogP contribution < -0.4 is 0 Å². The number of aliphatic hydroxyl groups excluding tert-OH is 1.